The molecule has 3 aromatic rings. The van der Waals surface area contributed by atoms with Crippen LogP contribution in [0.4, 0.5) is 5.69 Å². The second-order valence-electron chi connectivity index (χ2n) is 4.62. The summed E-state index contributed by atoms with van der Waals surface area (Å²) >= 11 is 5.93. The summed E-state index contributed by atoms with van der Waals surface area (Å²) in [5.41, 5.74) is 1.04. The van der Waals surface area contributed by atoms with Crippen LogP contribution < -0.4 is 4.74 Å². The number of nitro benzene ring substituents is 1. The molecule has 0 amide bonds. The Morgan fingerprint density at radius 1 is 1.23 bits per heavy atom. The number of para-hydroxylation sites is 1. The molecule has 0 unspecified atom stereocenters. The second-order valence-corrected chi connectivity index (χ2v) is 5.06. The van der Waals surface area contributed by atoms with Crippen molar-refractivity contribution in [3.63, 3.8) is 0 Å². The Labute approximate surface area is 130 Å². The van der Waals surface area contributed by atoms with Crippen LogP contribution in [0.5, 0.6) is 11.6 Å². The van der Waals surface area contributed by atoms with Crippen molar-refractivity contribution in [1.82, 2.24) is 9.97 Å². The average Bonchev–Trinajstić information content (AvgIpc) is 2.46. The molecule has 0 fully saturated rings. The second kappa shape index (κ2) is 5.57. The minimum absolute atomic E-state index is 0.0803. The van der Waals surface area contributed by atoms with Crippen LogP contribution in [-0.2, 0) is 0 Å². The Kier molecular flexibility index (Phi) is 3.60. The number of nitro groups is 1. The number of benzene rings is 2. The third-order valence-corrected chi connectivity index (χ3v) is 3.39. The van der Waals surface area contributed by atoms with Crippen molar-refractivity contribution in [3.8, 4) is 11.6 Å². The van der Waals surface area contributed by atoms with Gasteiger partial charge in [0.05, 0.1) is 15.8 Å². The average molecular weight is 316 g/mol. The van der Waals surface area contributed by atoms with E-state index in [4.69, 9.17) is 16.3 Å². The van der Waals surface area contributed by atoms with E-state index in [0.717, 1.165) is 0 Å². The molecule has 0 bridgehead atoms. The van der Waals surface area contributed by atoms with E-state index in [1.165, 1.54) is 12.4 Å². The summed E-state index contributed by atoms with van der Waals surface area (Å²) in [5.74, 6) is 0.385. The van der Waals surface area contributed by atoms with Crippen molar-refractivity contribution in [2.45, 2.75) is 6.92 Å². The first kappa shape index (κ1) is 14.2. The fourth-order valence-corrected chi connectivity index (χ4v) is 2.31. The molecule has 0 atom stereocenters. The molecular weight excluding hydrogens is 306 g/mol. The number of hydrogen-bond donors (Lipinski definition) is 0. The fraction of sp³-hybridized carbons (Fsp3) is 0.0667. The molecule has 7 heteroatoms. The predicted molar refractivity (Wildman–Crippen MR) is 82.5 cm³/mol. The number of hydrogen-bond acceptors (Lipinski definition) is 5. The van der Waals surface area contributed by atoms with E-state index < -0.39 is 4.92 Å². The van der Waals surface area contributed by atoms with E-state index >= 15 is 0 Å². The predicted octanol–water partition coefficient (Wildman–Crippen LogP) is 4.29. The van der Waals surface area contributed by atoms with Gasteiger partial charge in [-0.05, 0) is 31.2 Å². The number of fused-ring (bicyclic) bond motifs is 1. The molecule has 1 heterocycles. The first-order valence-electron chi connectivity index (χ1n) is 6.38. The number of halogens is 1. The number of aryl methyl sites for hydroxylation is 1. The van der Waals surface area contributed by atoms with E-state index in [0.29, 0.717) is 21.5 Å². The molecule has 3 rings (SSSR count). The van der Waals surface area contributed by atoms with Gasteiger partial charge in [-0.15, -0.1) is 0 Å². The highest BCUT2D eigenvalue weighted by Crippen LogP contribution is 2.35. The minimum Gasteiger partial charge on any atom is -0.431 e. The molecule has 0 aliphatic heterocycles. The highest BCUT2D eigenvalue weighted by molar-refractivity contribution is 6.31. The molecule has 1 aromatic heterocycles. The third-order valence-electron chi connectivity index (χ3n) is 3.15. The van der Waals surface area contributed by atoms with Crippen LogP contribution in [0, 0.1) is 17.0 Å². The Morgan fingerprint density at radius 3 is 2.82 bits per heavy atom. The molecule has 0 spiro atoms. The zero-order chi connectivity index (χ0) is 15.7. The van der Waals surface area contributed by atoms with Crippen LogP contribution in [0.25, 0.3) is 10.9 Å². The van der Waals surface area contributed by atoms with Gasteiger partial charge >= 0.3 is 5.69 Å². The summed E-state index contributed by atoms with van der Waals surface area (Å²) in [6.45, 7) is 1.66. The van der Waals surface area contributed by atoms with Gasteiger partial charge in [0, 0.05) is 10.6 Å². The van der Waals surface area contributed by atoms with E-state index in [-0.39, 0.29) is 17.3 Å². The maximum atomic E-state index is 11.2. The summed E-state index contributed by atoms with van der Waals surface area (Å²) in [7, 11) is 0. The van der Waals surface area contributed by atoms with E-state index in [9.17, 15) is 10.1 Å². The maximum Gasteiger partial charge on any atom is 0.314 e. The van der Waals surface area contributed by atoms with Gasteiger partial charge in [0.25, 0.3) is 0 Å². The van der Waals surface area contributed by atoms with Gasteiger partial charge in [-0.25, -0.2) is 9.97 Å². The van der Waals surface area contributed by atoms with Crippen LogP contribution in [-0.4, -0.2) is 14.9 Å². The van der Waals surface area contributed by atoms with Gasteiger partial charge in [0.15, 0.2) is 0 Å². The SMILES string of the molecule is Cc1cccc(Oc2ncnc3cc(Cl)ccc23)c1[N+](=O)[O-]. The summed E-state index contributed by atoms with van der Waals surface area (Å²) in [6, 6.07) is 9.96. The van der Waals surface area contributed by atoms with Crippen molar-refractivity contribution in [1.29, 1.82) is 0 Å². The summed E-state index contributed by atoms with van der Waals surface area (Å²) in [6.07, 6.45) is 1.33. The van der Waals surface area contributed by atoms with Gasteiger partial charge in [-0.2, -0.15) is 0 Å². The van der Waals surface area contributed by atoms with Gasteiger partial charge in [-0.1, -0.05) is 23.7 Å². The highest BCUT2D eigenvalue weighted by atomic mass is 35.5. The Balaban J connectivity index is 2.12. The van der Waals surface area contributed by atoms with Gasteiger partial charge in [-0.3, -0.25) is 10.1 Å². The van der Waals surface area contributed by atoms with E-state index in [2.05, 4.69) is 9.97 Å². The zero-order valence-corrected chi connectivity index (χ0v) is 12.2. The lowest BCUT2D eigenvalue weighted by Crippen LogP contribution is -1.97. The molecule has 0 saturated heterocycles. The summed E-state index contributed by atoms with van der Waals surface area (Å²) in [4.78, 5) is 18.9. The number of rotatable bonds is 3. The lowest BCUT2D eigenvalue weighted by Gasteiger charge is -2.08. The van der Waals surface area contributed by atoms with Crippen molar-refractivity contribution in [3.05, 3.63) is 63.4 Å². The molecule has 6 nitrogen and oxygen atoms in total. The van der Waals surface area contributed by atoms with Crippen LogP contribution in [0.3, 0.4) is 0 Å². The number of ether oxygens (including phenoxy) is 1. The minimum atomic E-state index is -0.467. The van der Waals surface area contributed by atoms with Gasteiger partial charge in [0.1, 0.15) is 6.33 Å². The topological polar surface area (TPSA) is 78.2 Å². The maximum absolute atomic E-state index is 11.2. The molecule has 0 aliphatic carbocycles. The number of nitrogens with zero attached hydrogens (tertiary/aromatic N) is 3. The smallest absolute Gasteiger partial charge is 0.314 e. The lowest BCUT2D eigenvalue weighted by atomic mass is 10.2. The molecule has 0 aliphatic rings. The first-order valence-corrected chi connectivity index (χ1v) is 6.76. The largest absolute Gasteiger partial charge is 0.431 e. The van der Waals surface area contributed by atoms with Crippen molar-refractivity contribution < 1.29 is 9.66 Å². The lowest BCUT2D eigenvalue weighted by molar-refractivity contribution is -0.386. The van der Waals surface area contributed by atoms with Crippen molar-refractivity contribution in [2.24, 2.45) is 0 Å². The van der Waals surface area contributed by atoms with Crippen LogP contribution in [0.15, 0.2) is 42.7 Å². The normalized spacial score (nSPS) is 10.6. The monoisotopic (exact) mass is 315 g/mol. The molecule has 0 radical (unpaired) electrons. The quantitative estimate of drug-likeness (QED) is 0.532. The Morgan fingerprint density at radius 2 is 2.05 bits per heavy atom. The summed E-state index contributed by atoms with van der Waals surface area (Å²) in [5, 5.41) is 12.4. The first-order chi connectivity index (χ1) is 10.6. The zero-order valence-electron chi connectivity index (χ0n) is 11.5. The van der Waals surface area contributed by atoms with Gasteiger partial charge < -0.3 is 4.74 Å². The molecule has 110 valence electrons. The van der Waals surface area contributed by atoms with Crippen LogP contribution in [0.2, 0.25) is 5.02 Å². The van der Waals surface area contributed by atoms with E-state index in [1.54, 1.807) is 37.3 Å². The molecule has 22 heavy (non-hydrogen) atoms. The molecular formula is C15H10ClN3O3. The molecule has 2 aromatic carbocycles. The van der Waals surface area contributed by atoms with Crippen molar-refractivity contribution >= 4 is 28.2 Å². The number of aromatic nitrogens is 2. The van der Waals surface area contributed by atoms with Crippen LogP contribution in [0.1, 0.15) is 5.56 Å². The highest BCUT2D eigenvalue weighted by Gasteiger charge is 2.20. The third kappa shape index (κ3) is 2.56. The van der Waals surface area contributed by atoms with E-state index in [1.807, 2.05) is 0 Å². The fourth-order valence-electron chi connectivity index (χ4n) is 2.14. The standard InChI is InChI=1S/C15H10ClN3O3/c1-9-3-2-4-13(14(9)19(20)21)22-15-11-6-5-10(16)7-12(11)17-8-18-15/h2-8H,1H3. The molecule has 0 saturated carbocycles. The van der Waals surface area contributed by atoms with Crippen molar-refractivity contribution in [2.75, 3.05) is 0 Å². The molecule has 0 N–H and O–H groups in total. The van der Waals surface area contributed by atoms with Gasteiger partial charge in [0.2, 0.25) is 11.6 Å². The Bertz CT molecular complexity index is 883. The Hall–Kier alpha value is -2.73. The summed E-state index contributed by atoms with van der Waals surface area (Å²) < 4.78 is 5.67. The van der Waals surface area contributed by atoms with Crippen LogP contribution >= 0.6 is 11.6 Å².